The predicted molar refractivity (Wildman–Crippen MR) is 98.4 cm³/mol. The van der Waals surface area contributed by atoms with Crippen molar-refractivity contribution in [1.82, 2.24) is 0 Å². The van der Waals surface area contributed by atoms with Crippen LogP contribution in [0.3, 0.4) is 0 Å². The Morgan fingerprint density at radius 1 is 0.957 bits per heavy atom. The van der Waals surface area contributed by atoms with Gasteiger partial charge in [-0.05, 0) is 63.7 Å². The standard InChI is InChI=1S/C21H40O2/c1-9-19(4,5)15-21(8,10-2)18(22)23-20(6,7)17-13-11-16(3)12-14-17/h16-17H,9-15H2,1-8H3. The van der Waals surface area contributed by atoms with Crippen LogP contribution in [0.15, 0.2) is 0 Å². The smallest absolute Gasteiger partial charge is 0.312 e. The Kier molecular flexibility index (Phi) is 6.75. The van der Waals surface area contributed by atoms with Crippen molar-refractivity contribution in [1.29, 1.82) is 0 Å². The van der Waals surface area contributed by atoms with Crippen LogP contribution in [0, 0.1) is 22.7 Å². The maximum atomic E-state index is 13.0. The number of hydrogen-bond acceptors (Lipinski definition) is 2. The number of carbonyl (C=O) groups excluding carboxylic acids is 1. The molecule has 0 radical (unpaired) electrons. The molecule has 2 nitrogen and oxygen atoms in total. The summed E-state index contributed by atoms with van der Waals surface area (Å²) in [6.45, 7) is 17.5. The molecule has 136 valence electrons. The SMILES string of the molecule is CCC(C)(C)CC(C)(CC)C(=O)OC(C)(C)C1CCC(C)CC1. The first-order valence-electron chi connectivity index (χ1n) is 9.69. The molecule has 0 amide bonds. The monoisotopic (exact) mass is 324 g/mol. The molecule has 1 aliphatic rings. The summed E-state index contributed by atoms with van der Waals surface area (Å²) in [5.74, 6) is 1.33. The molecule has 0 aromatic carbocycles. The van der Waals surface area contributed by atoms with Gasteiger partial charge in [0.1, 0.15) is 5.60 Å². The quantitative estimate of drug-likeness (QED) is 0.508. The Morgan fingerprint density at radius 2 is 1.48 bits per heavy atom. The molecule has 1 rings (SSSR count). The predicted octanol–water partition coefficient (Wildman–Crippen LogP) is 6.38. The van der Waals surface area contributed by atoms with E-state index in [1.165, 1.54) is 25.7 Å². The highest BCUT2D eigenvalue weighted by Crippen LogP contribution is 2.42. The van der Waals surface area contributed by atoms with Crippen LogP contribution >= 0.6 is 0 Å². The number of rotatable bonds is 7. The van der Waals surface area contributed by atoms with Gasteiger partial charge in [0, 0.05) is 0 Å². The highest BCUT2D eigenvalue weighted by atomic mass is 16.6. The molecular weight excluding hydrogens is 284 g/mol. The molecule has 1 saturated carbocycles. The molecule has 1 unspecified atom stereocenters. The summed E-state index contributed by atoms with van der Waals surface area (Å²) < 4.78 is 6.12. The Balaban J connectivity index is 2.78. The van der Waals surface area contributed by atoms with Crippen LogP contribution < -0.4 is 0 Å². The van der Waals surface area contributed by atoms with Gasteiger partial charge in [-0.25, -0.2) is 0 Å². The Hall–Kier alpha value is -0.530. The molecule has 0 N–H and O–H groups in total. The van der Waals surface area contributed by atoms with Gasteiger partial charge < -0.3 is 4.74 Å². The van der Waals surface area contributed by atoms with Crippen molar-refractivity contribution in [3.05, 3.63) is 0 Å². The van der Waals surface area contributed by atoms with Gasteiger partial charge in [-0.15, -0.1) is 0 Å². The maximum absolute atomic E-state index is 13.0. The van der Waals surface area contributed by atoms with Crippen molar-refractivity contribution < 1.29 is 9.53 Å². The number of ether oxygens (including phenoxy) is 1. The van der Waals surface area contributed by atoms with Crippen LogP contribution in [0.5, 0.6) is 0 Å². The molecule has 0 bridgehead atoms. The largest absolute Gasteiger partial charge is 0.459 e. The van der Waals surface area contributed by atoms with Crippen molar-refractivity contribution >= 4 is 5.97 Å². The van der Waals surface area contributed by atoms with Gasteiger partial charge in [0.25, 0.3) is 0 Å². The molecule has 0 aromatic rings. The van der Waals surface area contributed by atoms with Gasteiger partial charge in [0.2, 0.25) is 0 Å². The van der Waals surface area contributed by atoms with Crippen LogP contribution in [-0.2, 0) is 9.53 Å². The molecule has 0 aromatic heterocycles. The van der Waals surface area contributed by atoms with E-state index >= 15 is 0 Å². The molecule has 2 heteroatoms. The lowest BCUT2D eigenvalue weighted by molar-refractivity contribution is -0.177. The lowest BCUT2D eigenvalue weighted by atomic mass is 9.71. The second kappa shape index (κ2) is 7.57. The molecule has 1 fully saturated rings. The highest BCUT2D eigenvalue weighted by Gasteiger charge is 2.43. The fourth-order valence-electron chi connectivity index (χ4n) is 3.92. The zero-order valence-corrected chi connectivity index (χ0v) is 16.9. The fraction of sp³-hybridized carbons (Fsp3) is 0.952. The summed E-state index contributed by atoms with van der Waals surface area (Å²) in [4.78, 5) is 13.0. The second-order valence-electron chi connectivity index (χ2n) is 9.56. The first-order valence-corrected chi connectivity index (χ1v) is 9.69. The van der Waals surface area contributed by atoms with Gasteiger partial charge in [-0.1, -0.05) is 53.9 Å². The molecule has 23 heavy (non-hydrogen) atoms. The Morgan fingerprint density at radius 3 is 1.91 bits per heavy atom. The maximum Gasteiger partial charge on any atom is 0.312 e. The summed E-state index contributed by atoms with van der Waals surface area (Å²) in [6, 6.07) is 0. The molecule has 0 aliphatic heterocycles. The lowest BCUT2D eigenvalue weighted by Crippen LogP contribution is -2.44. The lowest BCUT2D eigenvalue weighted by Gasteiger charge is -2.41. The van der Waals surface area contributed by atoms with Gasteiger partial charge in [0.15, 0.2) is 0 Å². The first-order chi connectivity index (χ1) is 10.5. The third kappa shape index (κ3) is 5.50. The summed E-state index contributed by atoms with van der Waals surface area (Å²) >= 11 is 0. The van der Waals surface area contributed by atoms with Crippen molar-refractivity contribution in [2.45, 2.75) is 106 Å². The van der Waals surface area contributed by atoms with Gasteiger partial charge in [-0.2, -0.15) is 0 Å². The average Bonchev–Trinajstić information content (AvgIpc) is 2.46. The van der Waals surface area contributed by atoms with E-state index in [0.717, 1.165) is 25.2 Å². The van der Waals surface area contributed by atoms with E-state index in [-0.39, 0.29) is 22.4 Å². The molecule has 0 heterocycles. The third-order valence-electron chi connectivity index (χ3n) is 6.45. The van der Waals surface area contributed by atoms with E-state index in [2.05, 4.69) is 55.4 Å². The minimum absolute atomic E-state index is 0.00477. The van der Waals surface area contributed by atoms with E-state index in [0.29, 0.717) is 5.92 Å². The number of esters is 1. The van der Waals surface area contributed by atoms with Gasteiger partial charge >= 0.3 is 5.97 Å². The summed E-state index contributed by atoms with van der Waals surface area (Å²) in [5.41, 5.74) is -0.545. The Labute approximate surface area is 144 Å². The summed E-state index contributed by atoms with van der Waals surface area (Å²) in [7, 11) is 0. The van der Waals surface area contributed by atoms with Crippen LogP contribution in [0.4, 0.5) is 0 Å². The van der Waals surface area contributed by atoms with E-state index in [1.807, 2.05) is 0 Å². The normalized spacial score (nSPS) is 25.7. The zero-order valence-electron chi connectivity index (χ0n) is 16.9. The van der Waals surface area contributed by atoms with Crippen LogP contribution in [0.25, 0.3) is 0 Å². The van der Waals surface area contributed by atoms with Crippen LogP contribution in [0.2, 0.25) is 0 Å². The average molecular weight is 325 g/mol. The Bertz CT molecular complexity index is 389. The second-order valence-corrected chi connectivity index (χ2v) is 9.56. The van der Waals surface area contributed by atoms with Crippen LogP contribution in [0.1, 0.15) is 100 Å². The van der Waals surface area contributed by atoms with E-state index < -0.39 is 0 Å². The van der Waals surface area contributed by atoms with E-state index in [1.54, 1.807) is 0 Å². The van der Waals surface area contributed by atoms with Gasteiger partial charge in [0.05, 0.1) is 5.41 Å². The number of hydrogen-bond donors (Lipinski definition) is 0. The number of carbonyl (C=O) groups is 1. The van der Waals surface area contributed by atoms with Crippen LogP contribution in [-0.4, -0.2) is 11.6 Å². The van der Waals surface area contributed by atoms with Gasteiger partial charge in [-0.3, -0.25) is 4.79 Å². The fourth-order valence-corrected chi connectivity index (χ4v) is 3.92. The topological polar surface area (TPSA) is 26.3 Å². The highest BCUT2D eigenvalue weighted by molar-refractivity contribution is 5.76. The summed E-state index contributed by atoms with van der Waals surface area (Å²) in [5, 5.41) is 0. The van der Waals surface area contributed by atoms with Crippen molar-refractivity contribution in [3.63, 3.8) is 0 Å². The van der Waals surface area contributed by atoms with E-state index in [9.17, 15) is 4.79 Å². The first kappa shape index (κ1) is 20.5. The van der Waals surface area contributed by atoms with Crippen molar-refractivity contribution in [2.24, 2.45) is 22.7 Å². The molecular formula is C21H40O2. The minimum atomic E-state index is -0.376. The third-order valence-corrected chi connectivity index (χ3v) is 6.45. The molecule has 0 saturated heterocycles. The van der Waals surface area contributed by atoms with Crippen molar-refractivity contribution in [2.75, 3.05) is 0 Å². The molecule has 1 aliphatic carbocycles. The van der Waals surface area contributed by atoms with E-state index in [4.69, 9.17) is 4.74 Å². The van der Waals surface area contributed by atoms with Crippen molar-refractivity contribution in [3.8, 4) is 0 Å². The minimum Gasteiger partial charge on any atom is -0.459 e. The zero-order chi connectivity index (χ0) is 17.9. The molecule has 0 spiro atoms. The summed E-state index contributed by atoms with van der Waals surface area (Å²) in [6.07, 6.45) is 7.71. The molecule has 1 atom stereocenters.